The summed E-state index contributed by atoms with van der Waals surface area (Å²) in [6, 6.07) is 3.92. The van der Waals surface area contributed by atoms with Crippen LogP contribution in [0, 0.1) is 12.8 Å². The first-order valence-electron chi connectivity index (χ1n) is 8.48. The first-order chi connectivity index (χ1) is 12.2. The highest BCUT2D eigenvalue weighted by molar-refractivity contribution is 7.09. The molecule has 2 aliphatic rings. The summed E-state index contributed by atoms with van der Waals surface area (Å²) in [5, 5.41) is 2.74. The van der Waals surface area contributed by atoms with Gasteiger partial charge in [-0.3, -0.25) is 9.78 Å². The fourth-order valence-corrected chi connectivity index (χ4v) is 4.13. The van der Waals surface area contributed by atoms with Gasteiger partial charge in [0.15, 0.2) is 0 Å². The molecule has 0 radical (unpaired) electrons. The summed E-state index contributed by atoms with van der Waals surface area (Å²) in [7, 11) is 0. The van der Waals surface area contributed by atoms with E-state index < -0.39 is 0 Å². The molecule has 1 amide bonds. The molecule has 0 unspecified atom stereocenters. The van der Waals surface area contributed by atoms with Gasteiger partial charge < -0.3 is 14.4 Å². The summed E-state index contributed by atoms with van der Waals surface area (Å²) >= 11 is 1.50. The molecule has 1 spiro atoms. The lowest BCUT2D eigenvalue weighted by molar-refractivity contribution is -0.129. The van der Waals surface area contributed by atoms with Crippen molar-refractivity contribution in [2.75, 3.05) is 26.3 Å². The van der Waals surface area contributed by atoms with Gasteiger partial charge in [-0.1, -0.05) is 6.07 Å². The van der Waals surface area contributed by atoms with E-state index in [1.165, 1.54) is 11.3 Å². The number of amides is 1. The van der Waals surface area contributed by atoms with Crippen LogP contribution in [0.25, 0.3) is 0 Å². The van der Waals surface area contributed by atoms with Crippen molar-refractivity contribution in [2.24, 2.45) is 5.92 Å². The van der Waals surface area contributed by atoms with Crippen molar-refractivity contribution in [1.29, 1.82) is 0 Å². The average Bonchev–Trinajstić information content (AvgIpc) is 3.20. The molecule has 2 aromatic rings. The highest BCUT2D eigenvalue weighted by Crippen LogP contribution is 2.40. The highest BCUT2D eigenvalue weighted by Gasteiger charge is 2.54. The summed E-state index contributed by atoms with van der Waals surface area (Å²) in [4.78, 5) is 22.7. The van der Waals surface area contributed by atoms with Gasteiger partial charge in [-0.15, -0.1) is 11.3 Å². The maximum Gasteiger partial charge on any atom is 0.273 e. The second kappa shape index (κ2) is 6.82. The van der Waals surface area contributed by atoms with Crippen LogP contribution in [0.1, 0.15) is 27.5 Å². The smallest absolute Gasteiger partial charge is 0.273 e. The zero-order valence-corrected chi connectivity index (χ0v) is 15.0. The number of hydrogen-bond donors (Lipinski definition) is 0. The number of pyridine rings is 1. The lowest BCUT2D eigenvalue weighted by Gasteiger charge is -2.49. The van der Waals surface area contributed by atoms with E-state index in [9.17, 15) is 4.79 Å². The van der Waals surface area contributed by atoms with E-state index in [-0.39, 0.29) is 11.5 Å². The molecule has 0 aromatic carbocycles. The van der Waals surface area contributed by atoms with Crippen LogP contribution in [-0.4, -0.2) is 52.7 Å². The predicted octanol–water partition coefficient (Wildman–Crippen LogP) is 2.29. The Morgan fingerprint density at radius 1 is 1.52 bits per heavy atom. The summed E-state index contributed by atoms with van der Waals surface area (Å²) in [6.07, 6.45) is 4.55. The number of thiazole rings is 1. The van der Waals surface area contributed by atoms with Gasteiger partial charge in [-0.2, -0.15) is 0 Å². The third kappa shape index (κ3) is 3.31. The van der Waals surface area contributed by atoms with Gasteiger partial charge in [0.2, 0.25) is 0 Å². The van der Waals surface area contributed by atoms with Crippen LogP contribution in [0.2, 0.25) is 0 Å². The molecule has 1 atom stereocenters. The van der Waals surface area contributed by atoms with E-state index in [2.05, 4.69) is 9.97 Å². The van der Waals surface area contributed by atoms with Gasteiger partial charge in [-0.05, 0) is 25.0 Å². The molecular weight excluding hydrogens is 338 g/mol. The Balaban J connectivity index is 1.31. The quantitative estimate of drug-likeness (QED) is 0.820. The van der Waals surface area contributed by atoms with Crippen LogP contribution in [-0.2, 0) is 16.1 Å². The number of rotatable bonds is 5. The molecule has 6 nitrogen and oxygen atoms in total. The zero-order valence-electron chi connectivity index (χ0n) is 14.2. The molecule has 2 aromatic heterocycles. The van der Waals surface area contributed by atoms with Crippen molar-refractivity contribution < 1.29 is 14.3 Å². The molecule has 2 fully saturated rings. The average molecular weight is 359 g/mol. The van der Waals surface area contributed by atoms with Gasteiger partial charge in [0.25, 0.3) is 5.91 Å². The van der Waals surface area contributed by atoms with E-state index in [4.69, 9.17) is 9.47 Å². The van der Waals surface area contributed by atoms with Gasteiger partial charge in [0, 0.05) is 30.3 Å². The Bertz CT molecular complexity index is 743. The van der Waals surface area contributed by atoms with Crippen molar-refractivity contribution in [1.82, 2.24) is 14.9 Å². The molecule has 0 bridgehead atoms. The van der Waals surface area contributed by atoms with Crippen LogP contribution in [0.15, 0.2) is 29.9 Å². The Kier molecular flexibility index (Phi) is 4.54. The molecule has 132 valence electrons. The summed E-state index contributed by atoms with van der Waals surface area (Å²) in [5.74, 6) is 0.325. The largest absolute Gasteiger partial charge is 0.376 e. The molecule has 4 rings (SSSR count). The van der Waals surface area contributed by atoms with E-state index in [1.54, 1.807) is 6.20 Å². The number of nitrogens with zero attached hydrogens (tertiary/aromatic N) is 3. The molecular formula is C18H21N3O3S. The van der Waals surface area contributed by atoms with Gasteiger partial charge >= 0.3 is 0 Å². The van der Waals surface area contributed by atoms with Crippen molar-refractivity contribution in [3.05, 3.63) is 46.2 Å². The maximum atomic E-state index is 12.5. The molecule has 2 saturated heterocycles. The Morgan fingerprint density at radius 2 is 2.40 bits per heavy atom. The van der Waals surface area contributed by atoms with Crippen LogP contribution in [0.4, 0.5) is 0 Å². The second-order valence-corrected chi connectivity index (χ2v) is 7.75. The van der Waals surface area contributed by atoms with Crippen LogP contribution >= 0.6 is 11.3 Å². The normalized spacial score (nSPS) is 21.5. The number of hydrogen-bond acceptors (Lipinski definition) is 6. The van der Waals surface area contributed by atoms with Crippen LogP contribution in [0.3, 0.4) is 0 Å². The highest BCUT2D eigenvalue weighted by atomic mass is 32.1. The second-order valence-electron chi connectivity index (χ2n) is 6.69. The number of carbonyl (C=O) groups is 1. The summed E-state index contributed by atoms with van der Waals surface area (Å²) in [5.41, 5.74) is 1.37. The van der Waals surface area contributed by atoms with Crippen LogP contribution < -0.4 is 0 Å². The van der Waals surface area contributed by atoms with E-state index in [1.807, 2.05) is 35.5 Å². The molecule has 0 N–H and O–H groups in total. The topological polar surface area (TPSA) is 64.6 Å². The number of ether oxygens (including phenoxy) is 2. The molecule has 0 saturated carbocycles. The number of carbonyl (C=O) groups excluding carboxylic acids is 1. The number of likely N-dealkylation sites (tertiary alicyclic amines) is 1. The van der Waals surface area contributed by atoms with Crippen LogP contribution in [0.5, 0.6) is 0 Å². The first-order valence-corrected chi connectivity index (χ1v) is 9.36. The minimum Gasteiger partial charge on any atom is -0.376 e. The minimum absolute atomic E-state index is 0.000466. The van der Waals surface area contributed by atoms with Gasteiger partial charge in [0.05, 0.1) is 31.3 Å². The standard InChI is InChI=1S/C18H21N3O3S/c1-13-20-16(10-25-13)17(22)21-11-18(12-21)15(4-6-24-18)9-23-8-14-3-2-5-19-7-14/h2-3,5,7,10,15H,4,6,8-9,11-12H2,1H3/t15-/m0/s1. The molecule has 25 heavy (non-hydrogen) atoms. The lowest BCUT2D eigenvalue weighted by atomic mass is 9.81. The minimum atomic E-state index is -0.240. The first kappa shape index (κ1) is 16.6. The molecule has 4 heterocycles. The van der Waals surface area contributed by atoms with Gasteiger partial charge in [-0.25, -0.2) is 4.98 Å². The third-order valence-corrected chi connectivity index (χ3v) is 5.73. The summed E-state index contributed by atoms with van der Waals surface area (Å²) < 4.78 is 11.9. The Labute approximate surface area is 150 Å². The van der Waals surface area contributed by atoms with Gasteiger partial charge in [0.1, 0.15) is 11.3 Å². The number of aryl methyl sites for hydroxylation is 1. The van der Waals surface area contributed by atoms with Crippen molar-refractivity contribution in [3.63, 3.8) is 0 Å². The van der Waals surface area contributed by atoms with E-state index in [0.29, 0.717) is 37.9 Å². The fourth-order valence-electron chi connectivity index (χ4n) is 3.54. The SMILES string of the molecule is Cc1nc(C(=O)N2CC3(C2)OCC[C@H]3COCc2cccnc2)cs1. The van der Waals surface area contributed by atoms with E-state index >= 15 is 0 Å². The Morgan fingerprint density at radius 3 is 3.12 bits per heavy atom. The third-order valence-electron chi connectivity index (χ3n) is 4.95. The molecule has 7 heteroatoms. The van der Waals surface area contributed by atoms with Crippen molar-refractivity contribution in [2.45, 2.75) is 25.6 Å². The Hall–Kier alpha value is -1.83. The monoisotopic (exact) mass is 359 g/mol. The zero-order chi connectivity index (χ0) is 17.3. The predicted molar refractivity (Wildman–Crippen MR) is 93.4 cm³/mol. The lowest BCUT2D eigenvalue weighted by Crippen LogP contribution is -2.66. The molecule has 0 aliphatic carbocycles. The van der Waals surface area contributed by atoms with Crippen molar-refractivity contribution in [3.8, 4) is 0 Å². The maximum absolute atomic E-state index is 12.5. The fraction of sp³-hybridized carbons (Fsp3) is 0.500. The summed E-state index contributed by atoms with van der Waals surface area (Å²) in [6.45, 7) is 5.11. The molecule has 2 aliphatic heterocycles. The van der Waals surface area contributed by atoms with Crippen molar-refractivity contribution >= 4 is 17.2 Å². The number of aromatic nitrogens is 2. The van der Waals surface area contributed by atoms with E-state index in [0.717, 1.165) is 23.6 Å².